The van der Waals surface area contributed by atoms with Gasteiger partial charge in [-0.2, -0.15) is 0 Å². The van der Waals surface area contributed by atoms with E-state index in [1.807, 2.05) is 0 Å². The van der Waals surface area contributed by atoms with Gasteiger partial charge in [-0.1, -0.05) is 12.2 Å². The average molecular weight is 291 g/mol. The number of thiocarbonyl (C=S) groups is 1. The maximum atomic E-state index is 5.92. The first-order valence-corrected chi connectivity index (χ1v) is 7.68. The van der Waals surface area contributed by atoms with Crippen molar-refractivity contribution < 1.29 is 4.74 Å². The zero-order chi connectivity index (χ0) is 14.3. The van der Waals surface area contributed by atoms with Crippen molar-refractivity contribution in [3.05, 3.63) is 22.9 Å². The lowest BCUT2D eigenvalue weighted by molar-refractivity contribution is -0.00547. The molecule has 2 heterocycles. The lowest BCUT2D eigenvalue weighted by Crippen LogP contribution is -2.46. The molecular formula is C15H21N3OS. The van der Waals surface area contributed by atoms with Gasteiger partial charge >= 0.3 is 0 Å². The normalized spacial score (nSPS) is 25.6. The maximum absolute atomic E-state index is 5.92. The summed E-state index contributed by atoms with van der Waals surface area (Å²) >= 11 is 5.23. The van der Waals surface area contributed by atoms with Gasteiger partial charge in [0.2, 0.25) is 0 Å². The number of rotatable bonds is 2. The molecule has 1 aromatic heterocycles. The largest absolute Gasteiger partial charge is 0.389 e. The van der Waals surface area contributed by atoms with Crippen molar-refractivity contribution in [2.24, 2.45) is 5.73 Å². The van der Waals surface area contributed by atoms with Crippen LogP contribution in [-0.2, 0) is 17.6 Å². The molecule has 1 aliphatic heterocycles. The van der Waals surface area contributed by atoms with Gasteiger partial charge in [-0.3, -0.25) is 0 Å². The van der Waals surface area contributed by atoms with Gasteiger partial charge in [0.1, 0.15) is 10.8 Å². The van der Waals surface area contributed by atoms with E-state index in [1.165, 1.54) is 17.7 Å². The van der Waals surface area contributed by atoms with Crippen molar-refractivity contribution in [3.8, 4) is 0 Å². The van der Waals surface area contributed by atoms with Crippen LogP contribution in [0.15, 0.2) is 6.07 Å². The molecule has 108 valence electrons. The van der Waals surface area contributed by atoms with Crippen molar-refractivity contribution in [3.63, 3.8) is 0 Å². The maximum Gasteiger partial charge on any atom is 0.139 e. The quantitative estimate of drug-likeness (QED) is 0.842. The Kier molecular flexibility index (Phi) is 3.65. The topological polar surface area (TPSA) is 51.4 Å². The third-order valence-corrected chi connectivity index (χ3v) is 4.24. The van der Waals surface area contributed by atoms with Gasteiger partial charge in [0.15, 0.2) is 0 Å². The summed E-state index contributed by atoms with van der Waals surface area (Å²) in [5.74, 6) is 0.945. The molecule has 4 nitrogen and oxygen atoms in total. The molecular weight excluding hydrogens is 270 g/mol. The molecule has 5 heteroatoms. The Balaban J connectivity index is 2.01. The summed E-state index contributed by atoms with van der Waals surface area (Å²) in [5, 5.41) is 0. The minimum absolute atomic E-state index is 0.202. The average Bonchev–Trinajstić information content (AvgIpc) is 2.83. The Bertz CT molecular complexity index is 536. The fourth-order valence-corrected chi connectivity index (χ4v) is 3.38. The standard InChI is InChI=1S/C15H21N3OS/c1-9-7-18(8-10(2)19-9)15-12(14(16)20)6-11-4-3-5-13(11)17-15/h6,9-10H,3-5,7-8H2,1-2H3,(H2,16,20)/t9-,10+. The first-order valence-electron chi connectivity index (χ1n) is 7.27. The molecule has 1 aromatic rings. The first kappa shape index (κ1) is 13.8. The van der Waals surface area contributed by atoms with Gasteiger partial charge in [0.05, 0.1) is 17.8 Å². The molecule has 0 radical (unpaired) electrons. The smallest absolute Gasteiger partial charge is 0.139 e. The van der Waals surface area contributed by atoms with Crippen molar-refractivity contribution >= 4 is 23.0 Å². The number of anilines is 1. The zero-order valence-electron chi connectivity index (χ0n) is 12.1. The lowest BCUT2D eigenvalue weighted by atomic mass is 10.1. The Morgan fingerprint density at radius 2 is 2.05 bits per heavy atom. The van der Waals surface area contributed by atoms with E-state index in [-0.39, 0.29) is 12.2 Å². The fraction of sp³-hybridized carbons (Fsp3) is 0.600. The monoisotopic (exact) mass is 291 g/mol. The van der Waals surface area contributed by atoms with Crippen LogP contribution in [0, 0.1) is 0 Å². The van der Waals surface area contributed by atoms with Gasteiger partial charge in [0, 0.05) is 18.8 Å². The number of aryl methyl sites for hydroxylation is 2. The Morgan fingerprint density at radius 3 is 2.70 bits per heavy atom. The van der Waals surface area contributed by atoms with Crippen LogP contribution in [0.2, 0.25) is 0 Å². The molecule has 1 fully saturated rings. The van der Waals surface area contributed by atoms with Gasteiger partial charge in [-0.15, -0.1) is 0 Å². The van der Waals surface area contributed by atoms with Crippen LogP contribution in [0.4, 0.5) is 5.82 Å². The van der Waals surface area contributed by atoms with Gasteiger partial charge in [-0.05, 0) is 44.7 Å². The van der Waals surface area contributed by atoms with Crippen molar-refractivity contribution in [1.29, 1.82) is 0 Å². The number of nitrogens with zero attached hydrogens (tertiary/aromatic N) is 2. The number of morpholine rings is 1. The molecule has 0 bridgehead atoms. The number of nitrogens with two attached hydrogens (primary N) is 1. The van der Waals surface area contributed by atoms with Gasteiger partial charge in [0.25, 0.3) is 0 Å². The fourth-order valence-electron chi connectivity index (χ4n) is 3.23. The van der Waals surface area contributed by atoms with Crippen LogP contribution >= 0.6 is 12.2 Å². The van der Waals surface area contributed by atoms with Gasteiger partial charge in [-0.25, -0.2) is 4.98 Å². The van der Waals surface area contributed by atoms with E-state index in [2.05, 4.69) is 24.8 Å². The highest BCUT2D eigenvalue weighted by Crippen LogP contribution is 2.29. The molecule has 0 amide bonds. The highest BCUT2D eigenvalue weighted by Gasteiger charge is 2.27. The second-order valence-electron chi connectivity index (χ2n) is 5.85. The summed E-state index contributed by atoms with van der Waals surface area (Å²) in [6.45, 7) is 5.87. The number of pyridine rings is 1. The highest BCUT2D eigenvalue weighted by atomic mass is 32.1. The van der Waals surface area contributed by atoms with Crippen molar-refractivity contribution in [2.45, 2.75) is 45.3 Å². The zero-order valence-corrected chi connectivity index (χ0v) is 12.9. The van der Waals surface area contributed by atoms with E-state index in [1.54, 1.807) is 0 Å². The molecule has 20 heavy (non-hydrogen) atoms. The van der Waals surface area contributed by atoms with Gasteiger partial charge < -0.3 is 15.4 Å². The van der Waals surface area contributed by atoms with E-state index in [0.717, 1.165) is 37.3 Å². The molecule has 0 unspecified atom stereocenters. The molecule has 1 saturated heterocycles. The second kappa shape index (κ2) is 5.30. The first-order chi connectivity index (χ1) is 9.54. The van der Waals surface area contributed by atoms with Crippen LogP contribution in [0.25, 0.3) is 0 Å². The van der Waals surface area contributed by atoms with E-state index in [0.29, 0.717) is 4.99 Å². The molecule has 0 aromatic carbocycles. The van der Waals surface area contributed by atoms with Crippen LogP contribution in [0.1, 0.15) is 37.1 Å². The number of hydrogen-bond acceptors (Lipinski definition) is 4. The van der Waals surface area contributed by atoms with Crippen LogP contribution < -0.4 is 10.6 Å². The predicted molar refractivity (Wildman–Crippen MR) is 84.4 cm³/mol. The highest BCUT2D eigenvalue weighted by molar-refractivity contribution is 7.80. The molecule has 2 N–H and O–H groups in total. The molecule has 2 aliphatic rings. The number of aromatic nitrogens is 1. The summed E-state index contributed by atoms with van der Waals surface area (Å²) < 4.78 is 5.80. The summed E-state index contributed by atoms with van der Waals surface area (Å²) in [5.41, 5.74) is 9.36. The summed E-state index contributed by atoms with van der Waals surface area (Å²) in [6, 6.07) is 2.15. The Hall–Kier alpha value is -1.20. The number of ether oxygens (including phenoxy) is 1. The summed E-state index contributed by atoms with van der Waals surface area (Å²) in [6.07, 6.45) is 3.74. The van der Waals surface area contributed by atoms with E-state index < -0.39 is 0 Å². The molecule has 3 rings (SSSR count). The van der Waals surface area contributed by atoms with Crippen LogP contribution in [0.3, 0.4) is 0 Å². The molecule has 2 atom stereocenters. The Labute approximate surface area is 125 Å². The molecule has 0 spiro atoms. The Morgan fingerprint density at radius 1 is 1.35 bits per heavy atom. The van der Waals surface area contributed by atoms with E-state index >= 15 is 0 Å². The SMILES string of the molecule is C[C@@H]1CN(c2nc3c(cc2C(N)=S)CCC3)C[C@H](C)O1. The van der Waals surface area contributed by atoms with Crippen LogP contribution in [0.5, 0.6) is 0 Å². The second-order valence-corrected chi connectivity index (χ2v) is 6.29. The van der Waals surface area contributed by atoms with Crippen LogP contribution in [-0.4, -0.2) is 35.3 Å². The predicted octanol–water partition coefficient (Wildman–Crippen LogP) is 1.82. The summed E-state index contributed by atoms with van der Waals surface area (Å²) in [4.78, 5) is 7.58. The molecule has 1 aliphatic carbocycles. The van der Waals surface area contributed by atoms with Crippen molar-refractivity contribution in [2.75, 3.05) is 18.0 Å². The van der Waals surface area contributed by atoms with E-state index in [4.69, 9.17) is 27.7 Å². The third kappa shape index (κ3) is 2.52. The molecule has 0 saturated carbocycles. The minimum atomic E-state index is 0.202. The number of hydrogen-bond donors (Lipinski definition) is 1. The van der Waals surface area contributed by atoms with Crippen molar-refractivity contribution in [1.82, 2.24) is 4.98 Å². The van der Waals surface area contributed by atoms with E-state index in [9.17, 15) is 0 Å². The summed E-state index contributed by atoms with van der Waals surface area (Å²) in [7, 11) is 0. The third-order valence-electron chi connectivity index (χ3n) is 4.02. The minimum Gasteiger partial charge on any atom is -0.389 e. The lowest BCUT2D eigenvalue weighted by Gasteiger charge is -2.37. The number of fused-ring (bicyclic) bond motifs is 1.